The number of nitrogens with one attached hydrogen (secondary N) is 1. The summed E-state index contributed by atoms with van der Waals surface area (Å²) in [6.45, 7) is 4.79. The van der Waals surface area contributed by atoms with Crippen molar-refractivity contribution in [2.75, 3.05) is 0 Å². The number of sulfonamides is 1. The molecule has 0 amide bonds. The number of rotatable bonds is 4. The van der Waals surface area contributed by atoms with Crippen LogP contribution in [0, 0.1) is 4.77 Å². The molecule has 2 rings (SSSR count). The number of primary sulfonamides is 1. The highest BCUT2D eigenvalue weighted by Crippen LogP contribution is 2.17. The number of hydrogen-bond donors (Lipinski definition) is 2. The van der Waals surface area contributed by atoms with Gasteiger partial charge in [0.2, 0.25) is 10.0 Å². The molecule has 0 aliphatic carbocycles. The lowest BCUT2D eigenvalue weighted by molar-refractivity contribution is 0.597. The van der Waals surface area contributed by atoms with Gasteiger partial charge in [0.25, 0.3) is 0 Å². The zero-order valence-electron chi connectivity index (χ0n) is 11.3. The smallest absolute Gasteiger partial charge is 0.238 e. The van der Waals surface area contributed by atoms with E-state index in [0.29, 0.717) is 17.2 Å². The minimum atomic E-state index is -3.64. The number of nitrogens with zero attached hydrogens (tertiary/aromatic N) is 1. The summed E-state index contributed by atoms with van der Waals surface area (Å²) in [6.07, 6.45) is 1.91. The summed E-state index contributed by atoms with van der Waals surface area (Å²) >= 11 is 5.27. The molecular weight excluding hydrogens is 294 g/mol. The van der Waals surface area contributed by atoms with Gasteiger partial charge < -0.3 is 9.55 Å². The van der Waals surface area contributed by atoms with Crippen LogP contribution in [0.2, 0.25) is 0 Å². The third-order valence-electron chi connectivity index (χ3n) is 3.08. The van der Waals surface area contributed by atoms with Crippen LogP contribution in [0.1, 0.15) is 31.0 Å². The van der Waals surface area contributed by atoms with Gasteiger partial charge in [0.05, 0.1) is 11.4 Å². The standard InChI is InChI=1S/C13H17N3O2S2/c1-9(2)12-7-15-13(19)16(12)8-10-3-5-11(6-4-10)20(14,17)18/h3-7,9H,8H2,1-2H3,(H,15,19)(H2,14,17,18). The van der Waals surface area contributed by atoms with E-state index in [4.69, 9.17) is 17.4 Å². The molecule has 1 heterocycles. The van der Waals surface area contributed by atoms with Crippen molar-refractivity contribution in [2.24, 2.45) is 5.14 Å². The summed E-state index contributed by atoms with van der Waals surface area (Å²) in [5.41, 5.74) is 2.08. The first-order valence-electron chi connectivity index (χ1n) is 6.19. The summed E-state index contributed by atoms with van der Waals surface area (Å²) in [7, 11) is -3.64. The summed E-state index contributed by atoms with van der Waals surface area (Å²) in [6, 6.07) is 6.52. The topological polar surface area (TPSA) is 80.9 Å². The monoisotopic (exact) mass is 311 g/mol. The average Bonchev–Trinajstić information content (AvgIpc) is 2.71. The third kappa shape index (κ3) is 3.17. The molecule has 0 saturated heterocycles. The Labute approximate surface area is 123 Å². The Balaban J connectivity index is 2.32. The number of benzene rings is 1. The predicted octanol–water partition coefficient (Wildman–Crippen LogP) is 2.36. The summed E-state index contributed by atoms with van der Waals surface area (Å²) in [4.78, 5) is 3.15. The van der Waals surface area contributed by atoms with Gasteiger partial charge in [-0.25, -0.2) is 13.6 Å². The Kier molecular flexibility index (Phi) is 4.12. The van der Waals surface area contributed by atoms with Crippen LogP contribution in [0.3, 0.4) is 0 Å². The van der Waals surface area contributed by atoms with Crippen LogP contribution in [-0.4, -0.2) is 18.0 Å². The molecular formula is C13H17N3O2S2. The average molecular weight is 311 g/mol. The first-order valence-corrected chi connectivity index (χ1v) is 8.14. The number of aromatic amines is 1. The fourth-order valence-electron chi connectivity index (χ4n) is 2.02. The van der Waals surface area contributed by atoms with Crippen molar-refractivity contribution in [3.63, 3.8) is 0 Å². The SMILES string of the molecule is CC(C)c1c[nH]c(=S)n1Cc1ccc(S(N)(=O)=O)cc1. The largest absolute Gasteiger partial charge is 0.337 e. The molecule has 7 heteroatoms. The van der Waals surface area contributed by atoms with Crippen LogP contribution in [0.15, 0.2) is 35.4 Å². The highest BCUT2D eigenvalue weighted by atomic mass is 32.2. The quantitative estimate of drug-likeness (QED) is 0.851. The highest BCUT2D eigenvalue weighted by molar-refractivity contribution is 7.89. The van der Waals surface area contributed by atoms with Crippen LogP contribution in [-0.2, 0) is 16.6 Å². The summed E-state index contributed by atoms with van der Waals surface area (Å²) < 4.78 is 25.1. The van der Waals surface area contributed by atoms with Crippen LogP contribution < -0.4 is 5.14 Å². The van der Waals surface area contributed by atoms with Gasteiger partial charge in [0.15, 0.2) is 4.77 Å². The maximum Gasteiger partial charge on any atom is 0.238 e. The molecule has 0 spiro atoms. The van der Waals surface area contributed by atoms with E-state index in [0.717, 1.165) is 11.3 Å². The first kappa shape index (κ1) is 15.0. The van der Waals surface area contributed by atoms with E-state index >= 15 is 0 Å². The van der Waals surface area contributed by atoms with Gasteiger partial charge in [-0.2, -0.15) is 0 Å². The Morgan fingerprint density at radius 2 is 1.90 bits per heavy atom. The van der Waals surface area contributed by atoms with Crippen LogP contribution in [0.4, 0.5) is 0 Å². The fourth-order valence-corrected chi connectivity index (χ4v) is 2.76. The molecule has 0 aliphatic rings. The molecule has 2 aromatic rings. The predicted molar refractivity (Wildman–Crippen MR) is 80.6 cm³/mol. The second kappa shape index (κ2) is 5.51. The maximum atomic E-state index is 11.2. The Hall–Kier alpha value is -1.44. The number of H-pyrrole nitrogens is 1. The minimum Gasteiger partial charge on any atom is -0.337 e. The fraction of sp³-hybridized carbons (Fsp3) is 0.308. The molecule has 0 atom stereocenters. The van der Waals surface area contributed by atoms with Gasteiger partial charge in [-0.15, -0.1) is 0 Å². The molecule has 3 N–H and O–H groups in total. The molecule has 0 saturated carbocycles. The number of hydrogen-bond acceptors (Lipinski definition) is 3. The van der Waals surface area contributed by atoms with E-state index in [-0.39, 0.29) is 4.90 Å². The van der Waals surface area contributed by atoms with Gasteiger partial charge in [0, 0.05) is 11.9 Å². The number of nitrogens with two attached hydrogens (primary N) is 1. The summed E-state index contributed by atoms with van der Waals surface area (Å²) in [5, 5.41) is 5.08. The van der Waals surface area contributed by atoms with Gasteiger partial charge in [0.1, 0.15) is 0 Å². The lowest BCUT2D eigenvalue weighted by Gasteiger charge is -2.11. The van der Waals surface area contributed by atoms with Crippen molar-refractivity contribution in [3.05, 3.63) is 46.5 Å². The van der Waals surface area contributed by atoms with E-state index < -0.39 is 10.0 Å². The second-order valence-corrected chi connectivity index (χ2v) is 6.90. The molecule has 1 aromatic heterocycles. The van der Waals surface area contributed by atoms with Crippen LogP contribution >= 0.6 is 12.2 Å². The zero-order chi connectivity index (χ0) is 14.9. The zero-order valence-corrected chi connectivity index (χ0v) is 13.0. The molecule has 108 valence electrons. The van der Waals surface area contributed by atoms with Gasteiger partial charge >= 0.3 is 0 Å². The van der Waals surface area contributed by atoms with Crippen molar-refractivity contribution in [3.8, 4) is 0 Å². The molecule has 0 unspecified atom stereocenters. The van der Waals surface area contributed by atoms with Crippen molar-refractivity contribution in [2.45, 2.75) is 31.2 Å². The van der Waals surface area contributed by atoms with Crippen LogP contribution in [0.25, 0.3) is 0 Å². The number of aromatic nitrogens is 2. The van der Waals surface area contributed by atoms with Crippen molar-refractivity contribution >= 4 is 22.2 Å². The third-order valence-corrected chi connectivity index (χ3v) is 4.35. The van der Waals surface area contributed by atoms with E-state index in [1.54, 1.807) is 12.1 Å². The maximum absolute atomic E-state index is 11.2. The van der Waals surface area contributed by atoms with Gasteiger partial charge in [-0.1, -0.05) is 26.0 Å². The van der Waals surface area contributed by atoms with Gasteiger partial charge in [-0.3, -0.25) is 0 Å². The van der Waals surface area contributed by atoms with E-state index in [1.165, 1.54) is 12.1 Å². The lowest BCUT2D eigenvalue weighted by Crippen LogP contribution is -2.12. The molecule has 0 fully saturated rings. The van der Waals surface area contributed by atoms with E-state index in [9.17, 15) is 8.42 Å². The molecule has 5 nitrogen and oxygen atoms in total. The van der Waals surface area contributed by atoms with Gasteiger partial charge in [-0.05, 0) is 35.8 Å². The van der Waals surface area contributed by atoms with E-state index in [1.807, 2.05) is 10.8 Å². The first-order chi connectivity index (χ1) is 9.29. The molecule has 1 aromatic carbocycles. The molecule has 0 radical (unpaired) electrons. The summed E-state index contributed by atoms with van der Waals surface area (Å²) in [5.74, 6) is 0.353. The minimum absolute atomic E-state index is 0.114. The Morgan fingerprint density at radius 3 is 2.40 bits per heavy atom. The normalized spacial score (nSPS) is 12.0. The molecule has 20 heavy (non-hydrogen) atoms. The Morgan fingerprint density at radius 1 is 1.30 bits per heavy atom. The highest BCUT2D eigenvalue weighted by Gasteiger charge is 2.10. The second-order valence-electron chi connectivity index (χ2n) is 4.95. The van der Waals surface area contributed by atoms with E-state index in [2.05, 4.69) is 18.8 Å². The van der Waals surface area contributed by atoms with Crippen LogP contribution in [0.5, 0.6) is 0 Å². The van der Waals surface area contributed by atoms with Crippen molar-refractivity contribution in [1.82, 2.24) is 9.55 Å². The molecule has 0 bridgehead atoms. The Bertz CT molecular complexity index is 756. The molecule has 0 aliphatic heterocycles. The van der Waals surface area contributed by atoms with Crippen molar-refractivity contribution in [1.29, 1.82) is 0 Å². The van der Waals surface area contributed by atoms with Crippen molar-refractivity contribution < 1.29 is 8.42 Å². The lowest BCUT2D eigenvalue weighted by atomic mass is 10.1. The number of imidazole rings is 1.